The number of aryl methyl sites for hydroxylation is 1. The molecule has 1 aromatic carbocycles. The summed E-state index contributed by atoms with van der Waals surface area (Å²) in [6, 6.07) is 4.67. The van der Waals surface area contributed by atoms with E-state index in [1.54, 1.807) is 6.07 Å². The van der Waals surface area contributed by atoms with E-state index in [1.165, 1.54) is 16.4 Å². The minimum atomic E-state index is -3.48. The Morgan fingerprint density at radius 2 is 2.06 bits per heavy atom. The monoisotopic (exact) mass is 242 g/mol. The van der Waals surface area contributed by atoms with Gasteiger partial charge in [-0.3, -0.25) is 0 Å². The number of benzene rings is 1. The third-order valence-corrected chi connectivity index (χ3v) is 4.54. The van der Waals surface area contributed by atoms with Crippen molar-refractivity contribution in [2.45, 2.75) is 17.9 Å². The molecule has 1 saturated heterocycles. The van der Waals surface area contributed by atoms with E-state index < -0.39 is 16.1 Å². The fraction of sp³-hybridized carbons (Fsp3) is 0.400. The van der Waals surface area contributed by atoms with Crippen LogP contribution in [0.15, 0.2) is 23.1 Å². The summed E-state index contributed by atoms with van der Waals surface area (Å²) in [5.41, 5.74) is 6.98. The summed E-state index contributed by atoms with van der Waals surface area (Å²) < 4.78 is 25.2. The molecule has 0 bridgehead atoms. The zero-order valence-corrected chi connectivity index (χ0v) is 9.74. The SMILES string of the molecule is Cc1ccc(S(=O)(=O)N2CC(O)C2)cc1N. The van der Waals surface area contributed by atoms with Crippen molar-refractivity contribution in [3.8, 4) is 0 Å². The zero-order chi connectivity index (χ0) is 11.9. The largest absolute Gasteiger partial charge is 0.398 e. The van der Waals surface area contributed by atoms with E-state index in [-0.39, 0.29) is 18.0 Å². The minimum Gasteiger partial charge on any atom is -0.398 e. The van der Waals surface area contributed by atoms with Gasteiger partial charge in [0.05, 0.1) is 11.0 Å². The van der Waals surface area contributed by atoms with Gasteiger partial charge in [0.1, 0.15) is 0 Å². The lowest BCUT2D eigenvalue weighted by atomic mass is 10.2. The first-order valence-corrected chi connectivity index (χ1v) is 6.39. The molecule has 6 heteroatoms. The first-order valence-electron chi connectivity index (χ1n) is 4.95. The number of β-amino-alcohol motifs (C(OH)–C–C–N with tert-alkyl or cyclic N) is 1. The smallest absolute Gasteiger partial charge is 0.243 e. The molecule has 5 nitrogen and oxygen atoms in total. The van der Waals surface area contributed by atoms with Gasteiger partial charge in [-0.1, -0.05) is 6.07 Å². The molecule has 3 N–H and O–H groups in total. The number of nitrogens with zero attached hydrogens (tertiary/aromatic N) is 1. The highest BCUT2D eigenvalue weighted by Crippen LogP contribution is 2.24. The Morgan fingerprint density at radius 3 is 2.56 bits per heavy atom. The van der Waals surface area contributed by atoms with Gasteiger partial charge in [-0.15, -0.1) is 0 Å². The number of nitrogens with two attached hydrogens (primary N) is 1. The molecule has 0 aromatic heterocycles. The molecule has 0 aliphatic carbocycles. The van der Waals surface area contributed by atoms with Crippen LogP contribution in [-0.4, -0.2) is 37.0 Å². The van der Waals surface area contributed by atoms with Crippen molar-refractivity contribution in [2.24, 2.45) is 0 Å². The molecule has 16 heavy (non-hydrogen) atoms. The van der Waals surface area contributed by atoms with Crippen molar-refractivity contribution in [1.29, 1.82) is 0 Å². The molecule has 2 rings (SSSR count). The molecule has 1 heterocycles. The molecule has 0 saturated carbocycles. The molecule has 1 aliphatic rings. The van der Waals surface area contributed by atoms with Crippen LogP contribution in [0.3, 0.4) is 0 Å². The standard InChI is InChI=1S/C10H14N2O3S/c1-7-2-3-9(4-10(7)11)16(14,15)12-5-8(13)6-12/h2-4,8,13H,5-6,11H2,1H3. The number of rotatable bonds is 2. The first kappa shape index (κ1) is 11.4. The lowest BCUT2D eigenvalue weighted by Crippen LogP contribution is -2.53. The second-order valence-electron chi connectivity index (χ2n) is 3.99. The molecule has 0 atom stereocenters. The number of anilines is 1. The summed E-state index contributed by atoms with van der Waals surface area (Å²) in [5, 5.41) is 9.10. The number of aliphatic hydroxyl groups is 1. The maximum Gasteiger partial charge on any atom is 0.243 e. The van der Waals surface area contributed by atoms with Crippen LogP contribution in [0.1, 0.15) is 5.56 Å². The van der Waals surface area contributed by atoms with Crippen LogP contribution in [0, 0.1) is 6.92 Å². The molecule has 0 radical (unpaired) electrons. The van der Waals surface area contributed by atoms with E-state index in [0.717, 1.165) is 5.56 Å². The van der Waals surface area contributed by atoms with E-state index in [2.05, 4.69) is 0 Å². The number of hydrogen-bond acceptors (Lipinski definition) is 4. The highest BCUT2D eigenvalue weighted by atomic mass is 32.2. The van der Waals surface area contributed by atoms with Gasteiger partial charge in [-0.25, -0.2) is 8.42 Å². The Morgan fingerprint density at radius 1 is 1.44 bits per heavy atom. The molecular weight excluding hydrogens is 228 g/mol. The number of aliphatic hydroxyl groups excluding tert-OH is 1. The quantitative estimate of drug-likeness (QED) is 0.712. The number of nitrogen functional groups attached to an aromatic ring is 1. The van der Waals surface area contributed by atoms with Crippen LogP contribution in [0.25, 0.3) is 0 Å². The highest BCUT2D eigenvalue weighted by molar-refractivity contribution is 7.89. The molecule has 0 spiro atoms. The normalized spacial score (nSPS) is 18.4. The summed E-state index contributed by atoms with van der Waals surface area (Å²) in [5.74, 6) is 0. The molecule has 0 amide bonds. The summed E-state index contributed by atoms with van der Waals surface area (Å²) >= 11 is 0. The molecular formula is C10H14N2O3S. The third-order valence-electron chi connectivity index (χ3n) is 2.72. The Kier molecular flexibility index (Phi) is 2.65. The Balaban J connectivity index is 2.33. The second kappa shape index (κ2) is 3.73. The van der Waals surface area contributed by atoms with E-state index >= 15 is 0 Å². The van der Waals surface area contributed by atoms with Crippen molar-refractivity contribution < 1.29 is 13.5 Å². The van der Waals surface area contributed by atoms with E-state index in [1.807, 2.05) is 6.92 Å². The fourth-order valence-corrected chi connectivity index (χ4v) is 3.09. The van der Waals surface area contributed by atoms with E-state index in [0.29, 0.717) is 5.69 Å². The van der Waals surface area contributed by atoms with E-state index in [9.17, 15) is 8.42 Å². The van der Waals surface area contributed by atoms with Crippen LogP contribution in [0.5, 0.6) is 0 Å². The molecule has 88 valence electrons. The maximum absolute atomic E-state index is 12.0. The predicted octanol–water partition coefficient (Wildman–Crippen LogP) is -0.0576. The third kappa shape index (κ3) is 1.79. The Bertz CT molecular complexity index is 507. The average Bonchev–Trinajstić information content (AvgIpc) is 2.17. The van der Waals surface area contributed by atoms with Gasteiger partial charge in [-0.05, 0) is 24.6 Å². The molecule has 1 aromatic rings. The van der Waals surface area contributed by atoms with Crippen molar-refractivity contribution in [3.05, 3.63) is 23.8 Å². The Labute approximate surface area is 94.5 Å². The highest BCUT2D eigenvalue weighted by Gasteiger charge is 2.35. The molecule has 1 fully saturated rings. The number of sulfonamides is 1. The lowest BCUT2D eigenvalue weighted by molar-refractivity contribution is 0.0548. The topological polar surface area (TPSA) is 83.6 Å². The van der Waals surface area contributed by atoms with Gasteiger partial charge in [0.15, 0.2) is 0 Å². The van der Waals surface area contributed by atoms with E-state index in [4.69, 9.17) is 10.8 Å². The van der Waals surface area contributed by atoms with Gasteiger partial charge in [-0.2, -0.15) is 4.31 Å². The van der Waals surface area contributed by atoms with Crippen LogP contribution in [0.4, 0.5) is 5.69 Å². The van der Waals surface area contributed by atoms with Gasteiger partial charge >= 0.3 is 0 Å². The Hall–Kier alpha value is -1.11. The van der Waals surface area contributed by atoms with Gasteiger partial charge in [0.2, 0.25) is 10.0 Å². The van der Waals surface area contributed by atoms with Gasteiger partial charge in [0, 0.05) is 18.8 Å². The van der Waals surface area contributed by atoms with Gasteiger partial charge < -0.3 is 10.8 Å². The predicted molar refractivity (Wildman–Crippen MR) is 60.4 cm³/mol. The van der Waals surface area contributed by atoms with Crippen LogP contribution in [0.2, 0.25) is 0 Å². The molecule has 1 aliphatic heterocycles. The van der Waals surface area contributed by atoms with Crippen LogP contribution >= 0.6 is 0 Å². The van der Waals surface area contributed by atoms with Crippen molar-refractivity contribution in [1.82, 2.24) is 4.31 Å². The van der Waals surface area contributed by atoms with Crippen LogP contribution in [-0.2, 0) is 10.0 Å². The maximum atomic E-state index is 12.0. The van der Waals surface area contributed by atoms with Crippen molar-refractivity contribution in [3.63, 3.8) is 0 Å². The zero-order valence-electron chi connectivity index (χ0n) is 8.92. The second-order valence-corrected chi connectivity index (χ2v) is 5.93. The lowest BCUT2D eigenvalue weighted by Gasteiger charge is -2.34. The average molecular weight is 242 g/mol. The van der Waals surface area contributed by atoms with Crippen molar-refractivity contribution in [2.75, 3.05) is 18.8 Å². The molecule has 0 unspecified atom stereocenters. The summed E-state index contributed by atoms with van der Waals surface area (Å²) in [7, 11) is -3.48. The minimum absolute atomic E-state index is 0.163. The number of hydrogen-bond donors (Lipinski definition) is 2. The summed E-state index contributed by atoms with van der Waals surface area (Å²) in [6.45, 7) is 2.14. The van der Waals surface area contributed by atoms with Gasteiger partial charge in [0.25, 0.3) is 0 Å². The van der Waals surface area contributed by atoms with Crippen molar-refractivity contribution >= 4 is 15.7 Å². The first-order chi connectivity index (χ1) is 7.41. The van der Waals surface area contributed by atoms with Crippen LogP contribution < -0.4 is 5.73 Å². The summed E-state index contributed by atoms with van der Waals surface area (Å²) in [4.78, 5) is 0.183. The fourth-order valence-electron chi connectivity index (χ4n) is 1.54. The summed E-state index contributed by atoms with van der Waals surface area (Å²) in [6.07, 6.45) is -0.544.